The Morgan fingerprint density at radius 3 is 2.92 bits per heavy atom. The van der Waals surface area contributed by atoms with E-state index in [1.807, 2.05) is 4.90 Å². The number of rotatable bonds is 3. The van der Waals surface area contributed by atoms with Gasteiger partial charge in [-0.15, -0.1) is 5.10 Å². The van der Waals surface area contributed by atoms with Crippen molar-refractivity contribution in [3.63, 3.8) is 0 Å². The molecule has 1 fully saturated rings. The van der Waals surface area contributed by atoms with Gasteiger partial charge in [-0.2, -0.15) is 4.68 Å². The molecule has 6 nitrogen and oxygen atoms in total. The predicted molar refractivity (Wildman–Crippen MR) is 88.8 cm³/mol. The van der Waals surface area contributed by atoms with E-state index in [9.17, 15) is 14.0 Å². The van der Waals surface area contributed by atoms with Crippen LogP contribution in [0.3, 0.4) is 0 Å². The summed E-state index contributed by atoms with van der Waals surface area (Å²) >= 11 is 0. The Balaban J connectivity index is 1.91. The minimum absolute atomic E-state index is 0.0122. The molecule has 2 aromatic rings. The van der Waals surface area contributed by atoms with Crippen LogP contribution in [0.1, 0.15) is 12.8 Å². The van der Waals surface area contributed by atoms with Crippen molar-refractivity contribution in [3.05, 3.63) is 52.6 Å². The smallest absolute Gasteiger partial charge is 0.271 e. The van der Waals surface area contributed by atoms with Crippen molar-refractivity contribution in [1.82, 2.24) is 15.1 Å². The first-order chi connectivity index (χ1) is 11.6. The van der Waals surface area contributed by atoms with E-state index in [1.54, 1.807) is 19.2 Å². The largest absolute Gasteiger partial charge is 0.359 e. The molecule has 1 aromatic heterocycles. The van der Waals surface area contributed by atoms with Crippen LogP contribution in [-0.2, 0) is 4.79 Å². The SMILES string of the molecule is CNC(=O)C1CCCN(c2ccc(=O)n(-c3cccc(F)c3)n2)C1. The highest BCUT2D eigenvalue weighted by Crippen LogP contribution is 2.21. The number of nitrogens with one attached hydrogen (secondary N) is 1. The lowest BCUT2D eigenvalue weighted by Crippen LogP contribution is -2.43. The van der Waals surface area contributed by atoms with Crippen LogP contribution in [0.5, 0.6) is 0 Å². The molecule has 1 amide bonds. The van der Waals surface area contributed by atoms with Gasteiger partial charge in [-0.3, -0.25) is 9.59 Å². The van der Waals surface area contributed by atoms with Crippen LogP contribution in [0.25, 0.3) is 5.69 Å². The fourth-order valence-corrected chi connectivity index (χ4v) is 2.97. The molecule has 0 radical (unpaired) electrons. The third kappa shape index (κ3) is 3.29. The summed E-state index contributed by atoms with van der Waals surface area (Å²) in [7, 11) is 1.63. The number of carbonyl (C=O) groups excluding carboxylic acids is 1. The summed E-state index contributed by atoms with van der Waals surface area (Å²) in [6, 6.07) is 8.80. The summed E-state index contributed by atoms with van der Waals surface area (Å²) in [6.45, 7) is 1.32. The Kier molecular flexibility index (Phi) is 4.59. The lowest BCUT2D eigenvalue weighted by molar-refractivity contribution is -0.124. The third-order valence-corrected chi connectivity index (χ3v) is 4.20. The number of carbonyl (C=O) groups is 1. The van der Waals surface area contributed by atoms with Crippen LogP contribution >= 0.6 is 0 Å². The molecule has 3 rings (SSSR count). The summed E-state index contributed by atoms with van der Waals surface area (Å²) in [5, 5.41) is 7.04. The Hall–Kier alpha value is -2.70. The van der Waals surface area contributed by atoms with Gasteiger partial charge in [-0.25, -0.2) is 4.39 Å². The van der Waals surface area contributed by atoms with Gasteiger partial charge in [0.15, 0.2) is 0 Å². The molecule has 1 aliphatic rings. The zero-order chi connectivity index (χ0) is 17.1. The maximum Gasteiger partial charge on any atom is 0.271 e. The maximum atomic E-state index is 13.4. The average Bonchev–Trinajstić information content (AvgIpc) is 2.61. The fourth-order valence-electron chi connectivity index (χ4n) is 2.97. The molecule has 1 N–H and O–H groups in total. The van der Waals surface area contributed by atoms with Crippen LogP contribution in [0, 0.1) is 11.7 Å². The molecular weight excluding hydrogens is 311 g/mol. The maximum absolute atomic E-state index is 13.4. The molecule has 1 saturated heterocycles. The van der Waals surface area contributed by atoms with Crippen LogP contribution in [0.2, 0.25) is 0 Å². The second kappa shape index (κ2) is 6.82. The van der Waals surface area contributed by atoms with Gasteiger partial charge < -0.3 is 10.2 Å². The Bertz CT molecular complexity index is 805. The van der Waals surface area contributed by atoms with Crippen molar-refractivity contribution in [2.24, 2.45) is 5.92 Å². The van der Waals surface area contributed by atoms with Crippen LogP contribution in [-0.4, -0.2) is 35.8 Å². The molecule has 1 atom stereocenters. The van der Waals surface area contributed by atoms with Gasteiger partial charge in [0, 0.05) is 26.2 Å². The second-order valence-electron chi connectivity index (χ2n) is 5.82. The van der Waals surface area contributed by atoms with Gasteiger partial charge >= 0.3 is 0 Å². The first-order valence-corrected chi connectivity index (χ1v) is 7.91. The van der Waals surface area contributed by atoms with Crippen LogP contribution in [0.4, 0.5) is 10.2 Å². The number of amides is 1. The lowest BCUT2D eigenvalue weighted by atomic mass is 9.97. The van der Waals surface area contributed by atoms with Crippen molar-refractivity contribution in [2.45, 2.75) is 12.8 Å². The summed E-state index contributed by atoms with van der Waals surface area (Å²) in [4.78, 5) is 25.9. The molecule has 0 bridgehead atoms. The molecular formula is C17H19FN4O2. The predicted octanol–water partition coefficient (Wildman–Crippen LogP) is 1.33. The van der Waals surface area contributed by atoms with Gasteiger partial charge in [-0.1, -0.05) is 6.07 Å². The Labute approximate surface area is 138 Å². The quantitative estimate of drug-likeness (QED) is 0.922. The van der Waals surface area contributed by atoms with Gasteiger partial charge in [0.25, 0.3) is 5.56 Å². The molecule has 1 unspecified atom stereocenters. The van der Waals surface area contributed by atoms with Crippen molar-refractivity contribution in [3.8, 4) is 5.69 Å². The van der Waals surface area contributed by atoms with Crippen LogP contribution < -0.4 is 15.8 Å². The molecule has 126 valence electrons. The average molecular weight is 330 g/mol. The lowest BCUT2D eigenvalue weighted by Gasteiger charge is -2.32. The van der Waals surface area contributed by atoms with E-state index in [1.165, 1.54) is 28.9 Å². The molecule has 1 aliphatic heterocycles. The van der Waals surface area contributed by atoms with E-state index in [4.69, 9.17) is 0 Å². The first kappa shape index (κ1) is 16.2. The fraction of sp³-hybridized carbons (Fsp3) is 0.353. The highest BCUT2D eigenvalue weighted by atomic mass is 19.1. The van der Waals surface area contributed by atoms with E-state index >= 15 is 0 Å². The zero-order valence-corrected chi connectivity index (χ0v) is 13.4. The molecule has 0 spiro atoms. The number of aromatic nitrogens is 2. The zero-order valence-electron chi connectivity index (χ0n) is 13.4. The Morgan fingerprint density at radius 2 is 2.17 bits per heavy atom. The minimum atomic E-state index is -0.427. The van der Waals surface area contributed by atoms with E-state index < -0.39 is 5.82 Å². The topological polar surface area (TPSA) is 67.2 Å². The number of anilines is 1. The minimum Gasteiger partial charge on any atom is -0.359 e. The van der Waals surface area contributed by atoms with E-state index in [2.05, 4.69) is 10.4 Å². The molecule has 1 aromatic carbocycles. The standard InChI is InChI=1S/C17H19FN4O2/c1-19-17(24)12-4-3-9-21(11-12)15-7-8-16(23)22(20-15)14-6-2-5-13(18)10-14/h2,5-8,10,12H,3-4,9,11H2,1H3,(H,19,24). The summed E-state index contributed by atoms with van der Waals surface area (Å²) in [5.41, 5.74) is 0.0471. The number of piperidine rings is 1. The molecule has 2 heterocycles. The second-order valence-corrected chi connectivity index (χ2v) is 5.82. The number of benzene rings is 1. The monoisotopic (exact) mass is 330 g/mol. The van der Waals surface area contributed by atoms with Crippen molar-refractivity contribution in [2.75, 3.05) is 25.0 Å². The summed E-state index contributed by atoms with van der Waals surface area (Å²) in [5.74, 6) is 0.0926. The highest BCUT2D eigenvalue weighted by molar-refractivity contribution is 5.79. The van der Waals surface area contributed by atoms with Crippen molar-refractivity contribution < 1.29 is 9.18 Å². The number of hydrogen-bond acceptors (Lipinski definition) is 4. The summed E-state index contributed by atoms with van der Waals surface area (Å²) in [6.07, 6.45) is 1.71. The first-order valence-electron chi connectivity index (χ1n) is 7.91. The molecule has 7 heteroatoms. The van der Waals surface area contributed by atoms with E-state index in [0.29, 0.717) is 18.1 Å². The number of hydrogen-bond donors (Lipinski definition) is 1. The van der Waals surface area contributed by atoms with E-state index in [0.717, 1.165) is 19.4 Å². The van der Waals surface area contributed by atoms with E-state index in [-0.39, 0.29) is 17.4 Å². The Morgan fingerprint density at radius 1 is 1.33 bits per heavy atom. The third-order valence-electron chi connectivity index (χ3n) is 4.20. The van der Waals surface area contributed by atoms with Crippen LogP contribution in [0.15, 0.2) is 41.2 Å². The van der Waals surface area contributed by atoms with Gasteiger partial charge in [-0.05, 0) is 37.1 Å². The van der Waals surface area contributed by atoms with Gasteiger partial charge in [0.05, 0.1) is 11.6 Å². The normalized spacial score (nSPS) is 17.6. The summed E-state index contributed by atoms with van der Waals surface area (Å²) < 4.78 is 14.6. The number of halogens is 1. The highest BCUT2D eigenvalue weighted by Gasteiger charge is 2.26. The number of nitrogens with zero attached hydrogens (tertiary/aromatic N) is 3. The van der Waals surface area contributed by atoms with Gasteiger partial charge in [0.2, 0.25) is 5.91 Å². The van der Waals surface area contributed by atoms with Gasteiger partial charge in [0.1, 0.15) is 11.6 Å². The molecule has 0 aliphatic carbocycles. The van der Waals surface area contributed by atoms with Crippen molar-refractivity contribution >= 4 is 11.7 Å². The van der Waals surface area contributed by atoms with Crippen molar-refractivity contribution in [1.29, 1.82) is 0 Å². The molecule has 24 heavy (non-hydrogen) atoms. The molecule has 0 saturated carbocycles.